The molecule has 1 N–H and O–H groups in total. The molecule has 0 unspecified atom stereocenters. The molecule has 0 fully saturated rings. The molecule has 1 rings (SSSR count). The number of nitrogens with zero attached hydrogens (tertiary/aromatic N) is 2. The van der Waals surface area contributed by atoms with Crippen molar-refractivity contribution in [1.82, 2.24) is 15.1 Å². The predicted molar refractivity (Wildman–Crippen MR) is 83.5 cm³/mol. The van der Waals surface area contributed by atoms with E-state index in [-0.39, 0.29) is 0 Å². The number of rotatable bonds is 8. The Morgan fingerprint density at radius 3 is 2.89 bits per heavy atom. The van der Waals surface area contributed by atoms with E-state index in [1.165, 1.54) is 5.57 Å². The maximum absolute atomic E-state index is 6.22. The van der Waals surface area contributed by atoms with Crippen molar-refractivity contribution in [3.8, 4) is 0 Å². The lowest BCUT2D eigenvalue weighted by molar-refractivity contribution is 0.556. The van der Waals surface area contributed by atoms with Crippen molar-refractivity contribution in [2.45, 2.75) is 47.1 Å². The van der Waals surface area contributed by atoms with E-state index in [4.69, 9.17) is 11.6 Å². The van der Waals surface area contributed by atoms with Gasteiger partial charge in [-0.25, -0.2) is 0 Å². The average molecular weight is 284 g/mol. The topological polar surface area (TPSA) is 29.9 Å². The first kappa shape index (κ1) is 16.3. The molecule has 0 aliphatic carbocycles. The lowest BCUT2D eigenvalue weighted by Crippen LogP contribution is -2.20. The highest BCUT2D eigenvalue weighted by molar-refractivity contribution is 6.32. The monoisotopic (exact) mass is 283 g/mol. The van der Waals surface area contributed by atoms with Gasteiger partial charge in [-0.15, -0.1) is 0 Å². The highest BCUT2D eigenvalue weighted by Gasteiger charge is 2.09. The molecular weight excluding hydrogens is 258 g/mol. The third-order valence-electron chi connectivity index (χ3n) is 2.93. The van der Waals surface area contributed by atoms with E-state index in [0.717, 1.165) is 43.2 Å². The van der Waals surface area contributed by atoms with Crippen LogP contribution in [0.5, 0.6) is 0 Å². The van der Waals surface area contributed by atoms with Gasteiger partial charge in [0.1, 0.15) is 0 Å². The summed E-state index contributed by atoms with van der Waals surface area (Å²) in [5.41, 5.74) is 2.27. The van der Waals surface area contributed by atoms with Crippen LogP contribution in [0.4, 0.5) is 0 Å². The van der Waals surface area contributed by atoms with Gasteiger partial charge in [0.15, 0.2) is 0 Å². The molecule has 19 heavy (non-hydrogen) atoms. The standard InChI is InChI=1S/C15H26ClN3/c1-5-9-19-15(14(16)11-18-19)13(4)7-6-8-17-10-12(2)3/h7,11-12,17H,5-6,8-10H2,1-4H3. The molecule has 0 radical (unpaired) electrons. The van der Waals surface area contributed by atoms with Crippen LogP contribution in [-0.4, -0.2) is 22.9 Å². The van der Waals surface area contributed by atoms with Gasteiger partial charge in [-0.1, -0.05) is 38.4 Å². The van der Waals surface area contributed by atoms with E-state index < -0.39 is 0 Å². The first-order chi connectivity index (χ1) is 9.06. The molecule has 0 saturated carbocycles. The smallest absolute Gasteiger partial charge is 0.0862 e. The van der Waals surface area contributed by atoms with E-state index in [2.05, 4.69) is 44.2 Å². The number of hydrogen-bond acceptors (Lipinski definition) is 2. The third-order valence-corrected chi connectivity index (χ3v) is 3.20. The minimum absolute atomic E-state index is 0.700. The van der Waals surface area contributed by atoms with Crippen LogP contribution in [0.25, 0.3) is 5.57 Å². The highest BCUT2D eigenvalue weighted by Crippen LogP contribution is 2.23. The highest BCUT2D eigenvalue weighted by atomic mass is 35.5. The molecule has 0 bridgehead atoms. The van der Waals surface area contributed by atoms with Gasteiger partial charge in [0.05, 0.1) is 16.9 Å². The molecule has 3 nitrogen and oxygen atoms in total. The molecule has 0 aliphatic rings. The number of halogens is 1. The van der Waals surface area contributed by atoms with Crippen molar-refractivity contribution in [3.63, 3.8) is 0 Å². The molecule has 4 heteroatoms. The van der Waals surface area contributed by atoms with Crippen LogP contribution >= 0.6 is 11.6 Å². The molecule has 1 aromatic heterocycles. The second-order valence-electron chi connectivity index (χ2n) is 5.34. The van der Waals surface area contributed by atoms with Crippen LogP contribution in [0.1, 0.15) is 46.2 Å². The van der Waals surface area contributed by atoms with Gasteiger partial charge in [-0.2, -0.15) is 5.10 Å². The Morgan fingerprint density at radius 2 is 2.26 bits per heavy atom. The maximum atomic E-state index is 6.22. The number of allylic oxidation sites excluding steroid dienone is 1. The van der Waals surface area contributed by atoms with Crippen LogP contribution in [0.2, 0.25) is 5.02 Å². The second-order valence-corrected chi connectivity index (χ2v) is 5.75. The number of hydrogen-bond donors (Lipinski definition) is 1. The van der Waals surface area contributed by atoms with Crippen LogP contribution in [0.15, 0.2) is 12.3 Å². The molecular formula is C15H26ClN3. The molecule has 0 aliphatic heterocycles. The van der Waals surface area contributed by atoms with Gasteiger partial charge in [0.2, 0.25) is 0 Å². The molecule has 0 atom stereocenters. The number of nitrogens with one attached hydrogen (secondary N) is 1. The average Bonchev–Trinajstić information content (AvgIpc) is 2.70. The van der Waals surface area contributed by atoms with Crippen LogP contribution in [0, 0.1) is 5.92 Å². The summed E-state index contributed by atoms with van der Waals surface area (Å²) in [5.74, 6) is 0.700. The van der Waals surface area contributed by atoms with Gasteiger partial charge in [-0.05, 0) is 44.3 Å². The largest absolute Gasteiger partial charge is 0.316 e. The van der Waals surface area contributed by atoms with E-state index in [9.17, 15) is 0 Å². The lowest BCUT2D eigenvalue weighted by atomic mass is 10.1. The zero-order valence-corrected chi connectivity index (χ0v) is 13.3. The molecule has 108 valence electrons. The zero-order chi connectivity index (χ0) is 14.3. The van der Waals surface area contributed by atoms with Gasteiger partial charge in [-0.3, -0.25) is 4.68 Å². The summed E-state index contributed by atoms with van der Waals surface area (Å²) >= 11 is 6.22. The molecule has 0 saturated heterocycles. The summed E-state index contributed by atoms with van der Waals surface area (Å²) in [5, 5.41) is 8.51. The second kappa shape index (κ2) is 8.39. The quantitative estimate of drug-likeness (QED) is 0.731. The molecule has 0 aromatic carbocycles. The fourth-order valence-electron chi connectivity index (χ4n) is 2.01. The summed E-state index contributed by atoms with van der Waals surface area (Å²) in [6, 6.07) is 0. The zero-order valence-electron chi connectivity index (χ0n) is 12.5. The van der Waals surface area contributed by atoms with E-state index in [1.807, 2.05) is 4.68 Å². The van der Waals surface area contributed by atoms with Crippen LogP contribution < -0.4 is 5.32 Å². The third kappa shape index (κ3) is 5.37. The van der Waals surface area contributed by atoms with Crippen molar-refractivity contribution in [2.75, 3.05) is 13.1 Å². The first-order valence-electron chi connectivity index (χ1n) is 7.15. The van der Waals surface area contributed by atoms with Crippen molar-refractivity contribution in [1.29, 1.82) is 0 Å². The van der Waals surface area contributed by atoms with Gasteiger partial charge < -0.3 is 5.32 Å². The van der Waals surface area contributed by atoms with E-state index >= 15 is 0 Å². The van der Waals surface area contributed by atoms with Gasteiger partial charge in [0, 0.05) is 6.54 Å². The molecule has 1 aromatic rings. The summed E-state index contributed by atoms with van der Waals surface area (Å²) in [6.45, 7) is 11.7. The fourth-order valence-corrected chi connectivity index (χ4v) is 2.30. The summed E-state index contributed by atoms with van der Waals surface area (Å²) in [4.78, 5) is 0. The lowest BCUT2D eigenvalue weighted by Gasteiger charge is -2.08. The Bertz CT molecular complexity index is 408. The Labute approximate surface area is 122 Å². The predicted octanol–water partition coefficient (Wildman–Crippen LogP) is 3.99. The minimum atomic E-state index is 0.700. The molecule has 0 spiro atoms. The summed E-state index contributed by atoms with van der Waals surface area (Å²) in [7, 11) is 0. The summed E-state index contributed by atoms with van der Waals surface area (Å²) < 4.78 is 2.00. The van der Waals surface area contributed by atoms with Crippen molar-refractivity contribution in [3.05, 3.63) is 23.0 Å². The van der Waals surface area contributed by atoms with Gasteiger partial charge in [0.25, 0.3) is 0 Å². The Morgan fingerprint density at radius 1 is 1.53 bits per heavy atom. The van der Waals surface area contributed by atoms with Crippen molar-refractivity contribution in [2.24, 2.45) is 5.92 Å². The summed E-state index contributed by atoms with van der Waals surface area (Å²) in [6.07, 6.45) is 6.06. The van der Waals surface area contributed by atoms with Crippen LogP contribution in [-0.2, 0) is 6.54 Å². The van der Waals surface area contributed by atoms with E-state index in [1.54, 1.807) is 6.20 Å². The van der Waals surface area contributed by atoms with Crippen molar-refractivity contribution >= 4 is 17.2 Å². The SMILES string of the molecule is CCCn1ncc(Cl)c1C(C)=CCCNCC(C)C. The normalized spacial score (nSPS) is 12.4. The minimum Gasteiger partial charge on any atom is -0.316 e. The molecule has 1 heterocycles. The van der Waals surface area contributed by atoms with Gasteiger partial charge >= 0.3 is 0 Å². The molecule has 0 amide bonds. The first-order valence-corrected chi connectivity index (χ1v) is 7.53. The Hall–Kier alpha value is -0.800. The van der Waals surface area contributed by atoms with Crippen molar-refractivity contribution < 1.29 is 0 Å². The number of aromatic nitrogens is 2. The fraction of sp³-hybridized carbons (Fsp3) is 0.667. The Balaban J connectivity index is 2.56. The maximum Gasteiger partial charge on any atom is 0.0862 e. The number of aryl methyl sites for hydroxylation is 1. The van der Waals surface area contributed by atoms with E-state index in [0.29, 0.717) is 5.92 Å². The Kier molecular flexibility index (Phi) is 7.17. The van der Waals surface area contributed by atoms with Crippen LogP contribution in [0.3, 0.4) is 0 Å².